The van der Waals surface area contributed by atoms with Crippen LogP contribution < -0.4 is 15.8 Å². The van der Waals surface area contributed by atoms with Gasteiger partial charge in [-0.15, -0.1) is 12.4 Å². The monoisotopic (exact) mass is 348 g/mol. The van der Waals surface area contributed by atoms with Gasteiger partial charge in [-0.25, -0.2) is 0 Å². The van der Waals surface area contributed by atoms with Gasteiger partial charge in [0.2, 0.25) is 5.91 Å². The van der Waals surface area contributed by atoms with Gasteiger partial charge < -0.3 is 15.8 Å². The second kappa shape index (κ2) is 9.96. The lowest BCUT2D eigenvalue weighted by atomic mass is 10.1. The number of ether oxygens (including phenoxy) is 1. The molecule has 4 nitrogen and oxygen atoms in total. The van der Waals surface area contributed by atoms with Crippen molar-refractivity contribution < 1.29 is 9.53 Å². The van der Waals surface area contributed by atoms with Gasteiger partial charge in [0.25, 0.3) is 0 Å². The number of carbonyl (C=O) groups excluding carboxylic acids is 1. The molecule has 0 radical (unpaired) electrons. The molecule has 2 atom stereocenters. The van der Waals surface area contributed by atoms with E-state index >= 15 is 0 Å². The van der Waals surface area contributed by atoms with E-state index in [1.165, 1.54) is 5.56 Å². The molecule has 0 spiro atoms. The molecule has 0 aromatic heterocycles. The molecule has 2 rings (SSSR count). The van der Waals surface area contributed by atoms with Gasteiger partial charge in [0.15, 0.2) is 0 Å². The summed E-state index contributed by atoms with van der Waals surface area (Å²) in [6.07, 6.45) is 0.830. The van der Waals surface area contributed by atoms with E-state index in [9.17, 15) is 4.79 Å². The van der Waals surface area contributed by atoms with Crippen LogP contribution >= 0.6 is 12.4 Å². The molecule has 0 bridgehead atoms. The maximum Gasteiger partial charge on any atom is 0.234 e. The minimum atomic E-state index is -0.332. The number of amides is 1. The van der Waals surface area contributed by atoms with Crippen molar-refractivity contribution in [2.75, 3.05) is 0 Å². The summed E-state index contributed by atoms with van der Waals surface area (Å²) in [5, 5.41) is 3.18. The van der Waals surface area contributed by atoms with Crippen molar-refractivity contribution >= 4 is 18.3 Å². The average molecular weight is 349 g/mol. The van der Waals surface area contributed by atoms with E-state index in [-0.39, 0.29) is 30.4 Å². The highest BCUT2D eigenvalue weighted by atomic mass is 35.5. The highest BCUT2D eigenvalue weighted by Gasteiger charge is 2.12. The zero-order valence-electron chi connectivity index (χ0n) is 14.1. The molecule has 3 N–H and O–H groups in total. The van der Waals surface area contributed by atoms with Crippen molar-refractivity contribution in [3.05, 3.63) is 65.7 Å². The van der Waals surface area contributed by atoms with Gasteiger partial charge in [0, 0.05) is 6.04 Å². The molecule has 1 amide bonds. The van der Waals surface area contributed by atoms with Gasteiger partial charge in [-0.2, -0.15) is 0 Å². The number of primary amides is 1. The average Bonchev–Trinajstić information content (AvgIpc) is 2.55. The van der Waals surface area contributed by atoms with Crippen molar-refractivity contribution in [2.45, 2.75) is 39.0 Å². The van der Waals surface area contributed by atoms with Crippen LogP contribution in [0.15, 0.2) is 54.6 Å². The molecular formula is C19H25ClN2O2. The number of carbonyl (C=O) groups is 1. The third-order valence-electron chi connectivity index (χ3n) is 3.67. The van der Waals surface area contributed by atoms with Gasteiger partial charge in [-0.05, 0) is 43.5 Å². The highest BCUT2D eigenvalue weighted by molar-refractivity contribution is 5.85. The van der Waals surface area contributed by atoms with Crippen LogP contribution in [0.2, 0.25) is 0 Å². The summed E-state index contributed by atoms with van der Waals surface area (Å²) in [5.74, 6) is 0.519. The molecule has 5 heteroatoms. The van der Waals surface area contributed by atoms with Gasteiger partial charge in [0.05, 0.1) is 6.04 Å². The number of nitrogens with two attached hydrogens (primary N) is 1. The number of nitrogens with one attached hydrogen (secondary N) is 1. The van der Waals surface area contributed by atoms with E-state index in [0.29, 0.717) is 6.61 Å². The van der Waals surface area contributed by atoms with E-state index in [4.69, 9.17) is 10.5 Å². The van der Waals surface area contributed by atoms with E-state index < -0.39 is 0 Å². The number of halogens is 1. The van der Waals surface area contributed by atoms with Crippen molar-refractivity contribution in [1.82, 2.24) is 5.32 Å². The van der Waals surface area contributed by atoms with Gasteiger partial charge in [-0.1, -0.05) is 42.5 Å². The fourth-order valence-electron chi connectivity index (χ4n) is 2.38. The highest BCUT2D eigenvalue weighted by Crippen LogP contribution is 2.15. The summed E-state index contributed by atoms with van der Waals surface area (Å²) < 4.78 is 5.77. The summed E-state index contributed by atoms with van der Waals surface area (Å²) in [4.78, 5) is 11.1. The largest absolute Gasteiger partial charge is 0.489 e. The first-order valence-electron chi connectivity index (χ1n) is 7.85. The van der Waals surface area contributed by atoms with E-state index in [1.807, 2.05) is 61.5 Å². The second-order valence-corrected chi connectivity index (χ2v) is 5.81. The standard InChI is InChI=1S/C19H24N2O2.ClH/c1-14(21-15(2)19(20)22)12-16-8-10-18(11-9-16)23-13-17-6-4-3-5-7-17;/h3-11,14-15,21H,12-13H2,1-2H3,(H2,20,22);1H. The Labute approximate surface area is 149 Å². The Bertz CT molecular complexity index is 617. The molecule has 2 aromatic rings. The molecule has 0 fully saturated rings. The minimum Gasteiger partial charge on any atom is -0.489 e. The maximum atomic E-state index is 11.1. The zero-order valence-corrected chi connectivity index (χ0v) is 14.9. The third-order valence-corrected chi connectivity index (χ3v) is 3.67. The fourth-order valence-corrected chi connectivity index (χ4v) is 2.38. The Balaban J connectivity index is 0.00000288. The van der Waals surface area contributed by atoms with Crippen LogP contribution in [0.1, 0.15) is 25.0 Å². The first-order chi connectivity index (χ1) is 11.0. The molecule has 0 aliphatic heterocycles. The Morgan fingerprint density at radius 1 is 1.04 bits per heavy atom. The minimum absolute atomic E-state index is 0. The lowest BCUT2D eigenvalue weighted by Gasteiger charge is -2.17. The van der Waals surface area contributed by atoms with Gasteiger partial charge >= 0.3 is 0 Å². The summed E-state index contributed by atoms with van der Waals surface area (Å²) in [6.45, 7) is 4.38. The van der Waals surface area contributed by atoms with Crippen molar-refractivity contribution in [1.29, 1.82) is 0 Å². The number of rotatable bonds is 8. The van der Waals surface area contributed by atoms with Crippen LogP contribution in [0.5, 0.6) is 5.75 Å². The Hall–Kier alpha value is -2.04. The summed E-state index contributed by atoms with van der Waals surface area (Å²) in [7, 11) is 0. The molecule has 0 aliphatic carbocycles. The summed E-state index contributed by atoms with van der Waals surface area (Å²) in [6, 6.07) is 18.0. The molecule has 2 unspecified atom stereocenters. The van der Waals surface area contributed by atoms with Crippen LogP contribution in [0.3, 0.4) is 0 Å². The summed E-state index contributed by atoms with van der Waals surface area (Å²) in [5.41, 5.74) is 7.60. The maximum absolute atomic E-state index is 11.1. The molecule has 24 heavy (non-hydrogen) atoms. The van der Waals surface area contributed by atoms with Gasteiger partial charge in [0.1, 0.15) is 12.4 Å². The van der Waals surface area contributed by atoms with Crippen LogP contribution in [0, 0.1) is 0 Å². The first-order valence-corrected chi connectivity index (χ1v) is 7.85. The molecule has 0 saturated carbocycles. The molecule has 0 heterocycles. The number of benzene rings is 2. The molecule has 0 saturated heterocycles. The number of hydrogen-bond acceptors (Lipinski definition) is 3. The molecule has 2 aromatic carbocycles. The van der Waals surface area contributed by atoms with E-state index in [2.05, 4.69) is 5.32 Å². The van der Waals surface area contributed by atoms with Crippen molar-refractivity contribution in [2.24, 2.45) is 5.73 Å². The lowest BCUT2D eigenvalue weighted by molar-refractivity contribution is -0.119. The predicted octanol–water partition coefficient (Wildman–Crippen LogP) is 3.08. The topological polar surface area (TPSA) is 64.3 Å². The molecular weight excluding hydrogens is 324 g/mol. The molecule has 130 valence electrons. The smallest absolute Gasteiger partial charge is 0.234 e. The summed E-state index contributed by atoms with van der Waals surface area (Å²) >= 11 is 0. The van der Waals surface area contributed by atoms with E-state index in [0.717, 1.165) is 17.7 Å². The zero-order chi connectivity index (χ0) is 16.7. The Morgan fingerprint density at radius 2 is 1.67 bits per heavy atom. The third kappa shape index (κ3) is 6.60. The Morgan fingerprint density at radius 3 is 2.25 bits per heavy atom. The predicted molar refractivity (Wildman–Crippen MR) is 99.4 cm³/mol. The number of hydrogen-bond donors (Lipinski definition) is 2. The van der Waals surface area contributed by atoms with Crippen LogP contribution in [0.25, 0.3) is 0 Å². The lowest BCUT2D eigenvalue weighted by Crippen LogP contribution is -2.44. The van der Waals surface area contributed by atoms with Crippen LogP contribution in [-0.2, 0) is 17.8 Å². The second-order valence-electron chi connectivity index (χ2n) is 5.81. The SMILES string of the molecule is CC(Cc1ccc(OCc2ccccc2)cc1)NC(C)C(N)=O.Cl. The normalized spacial score (nSPS) is 12.8. The first kappa shape index (κ1) is 20.0. The van der Waals surface area contributed by atoms with Crippen LogP contribution in [-0.4, -0.2) is 18.0 Å². The van der Waals surface area contributed by atoms with Crippen molar-refractivity contribution in [3.8, 4) is 5.75 Å². The Kier molecular flexibility index (Phi) is 8.30. The van der Waals surface area contributed by atoms with Gasteiger partial charge in [-0.3, -0.25) is 4.79 Å². The molecule has 0 aliphatic rings. The van der Waals surface area contributed by atoms with Crippen molar-refractivity contribution in [3.63, 3.8) is 0 Å². The van der Waals surface area contributed by atoms with E-state index in [1.54, 1.807) is 6.92 Å². The van der Waals surface area contributed by atoms with Crippen LogP contribution in [0.4, 0.5) is 0 Å². The quantitative estimate of drug-likeness (QED) is 0.770. The fraction of sp³-hybridized carbons (Fsp3) is 0.316.